The van der Waals surface area contributed by atoms with E-state index in [2.05, 4.69) is 29.0 Å². The molecular formula is C25H28N6O3S. The first-order valence-corrected chi connectivity index (χ1v) is 12.6. The summed E-state index contributed by atoms with van der Waals surface area (Å²) in [5, 5.41) is 5.23. The molecule has 182 valence electrons. The van der Waals surface area contributed by atoms with Crippen molar-refractivity contribution in [2.24, 2.45) is 0 Å². The second-order valence-corrected chi connectivity index (χ2v) is 9.85. The minimum atomic E-state index is -0.515. The summed E-state index contributed by atoms with van der Waals surface area (Å²) in [5.41, 5.74) is 8.26. The summed E-state index contributed by atoms with van der Waals surface area (Å²) in [7, 11) is 0. The lowest BCUT2D eigenvalue weighted by Crippen LogP contribution is -2.56. The molecule has 0 bridgehead atoms. The third-order valence-electron chi connectivity index (χ3n) is 6.22. The van der Waals surface area contributed by atoms with Crippen molar-refractivity contribution in [3.63, 3.8) is 0 Å². The summed E-state index contributed by atoms with van der Waals surface area (Å²) in [6, 6.07) is 12.1. The van der Waals surface area contributed by atoms with E-state index in [0.717, 1.165) is 24.6 Å². The zero-order valence-corrected chi connectivity index (χ0v) is 20.5. The molecule has 2 saturated heterocycles. The Labute approximate surface area is 207 Å². The summed E-state index contributed by atoms with van der Waals surface area (Å²) in [6.07, 6.45) is 0.900. The van der Waals surface area contributed by atoms with Crippen molar-refractivity contribution in [1.82, 2.24) is 14.9 Å². The van der Waals surface area contributed by atoms with Gasteiger partial charge in [-0.1, -0.05) is 6.07 Å². The molecule has 3 atom stereocenters. The topological polar surface area (TPSA) is 114 Å². The highest BCUT2D eigenvalue weighted by Crippen LogP contribution is 2.28. The van der Waals surface area contributed by atoms with Crippen molar-refractivity contribution in [3.05, 3.63) is 53.4 Å². The van der Waals surface area contributed by atoms with Crippen LogP contribution in [0.1, 0.15) is 30.6 Å². The number of hydrogen-bond acceptors (Lipinski definition) is 8. The smallest absolute Gasteiger partial charge is 0.254 e. The molecule has 2 amide bonds. The number of hydrogen-bond donors (Lipinski definition) is 2. The molecular weight excluding hydrogens is 464 g/mol. The quantitative estimate of drug-likeness (QED) is 0.526. The second kappa shape index (κ2) is 9.63. The fraction of sp³-hybridized carbons (Fsp3) is 0.360. The van der Waals surface area contributed by atoms with Gasteiger partial charge in [0.15, 0.2) is 5.13 Å². The average molecular weight is 493 g/mol. The van der Waals surface area contributed by atoms with Crippen molar-refractivity contribution in [2.45, 2.75) is 38.5 Å². The fourth-order valence-electron chi connectivity index (χ4n) is 4.44. The van der Waals surface area contributed by atoms with Gasteiger partial charge in [-0.3, -0.25) is 9.59 Å². The highest BCUT2D eigenvalue weighted by molar-refractivity contribution is 7.14. The maximum absolute atomic E-state index is 12.9. The lowest BCUT2D eigenvalue weighted by molar-refractivity contribution is -0.123. The van der Waals surface area contributed by atoms with Gasteiger partial charge in [-0.25, -0.2) is 9.97 Å². The monoisotopic (exact) mass is 492 g/mol. The first-order valence-electron chi connectivity index (χ1n) is 11.7. The fourth-order valence-corrected chi connectivity index (χ4v) is 5.15. The van der Waals surface area contributed by atoms with Crippen molar-refractivity contribution in [2.75, 3.05) is 35.6 Å². The van der Waals surface area contributed by atoms with Gasteiger partial charge in [0.1, 0.15) is 17.6 Å². The molecule has 2 aliphatic rings. The lowest BCUT2D eigenvalue weighted by Gasteiger charge is -2.39. The Balaban J connectivity index is 1.24. The molecule has 0 radical (unpaired) electrons. The SMILES string of the molecule is C[C@@H]1CN(c2cccc(-c3csc(NC(=O)C4CCN4C(=O)c4ccc(N)cc4)n3)n2)C[C@H](C)O1. The number of carbonyl (C=O) groups excluding carboxylic acids is 2. The molecule has 2 aliphatic heterocycles. The van der Waals surface area contributed by atoms with Crippen molar-refractivity contribution < 1.29 is 14.3 Å². The summed E-state index contributed by atoms with van der Waals surface area (Å²) in [6.45, 7) is 6.24. The number of nitrogens with one attached hydrogen (secondary N) is 1. The van der Waals surface area contributed by atoms with E-state index in [0.29, 0.717) is 35.0 Å². The van der Waals surface area contributed by atoms with Crippen LogP contribution in [0.15, 0.2) is 47.8 Å². The zero-order chi connectivity index (χ0) is 24.5. The number of amides is 2. The molecule has 0 aliphatic carbocycles. The Hall–Kier alpha value is -3.50. The number of rotatable bonds is 5. The number of anilines is 3. The number of nitrogens with zero attached hydrogens (tertiary/aromatic N) is 4. The van der Waals surface area contributed by atoms with Gasteiger partial charge >= 0.3 is 0 Å². The number of morpholine rings is 1. The number of likely N-dealkylation sites (tertiary alicyclic amines) is 1. The van der Waals surface area contributed by atoms with Gasteiger partial charge < -0.3 is 25.6 Å². The number of nitrogen functional groups attached to an aromatic ring is 1. The van der Waals surface area contributed by atoms with E-state index in [-0.39, 0.29) is 24.0 Å². The Morgan fingerprint density at radius 3 is 2.49 bits per heavy atom. The first-order chi connectivity index (χ1) is 16.9. The molecule has 9 nitrogen and oxygen atoms in total. The van der Waals surface area contributed by atoms with E-state index in [1.54, 1.807) is 29.2 Å². The molecule has 1 unspecified atom stereocenters. The van der Waals surface area contributed by atoms with Crippen LogP contribution in [-0.2, 0) is 9.53 Å². The Morgan fingerprint density at radius 2 is 1.80 bits per heavy atom. The molecule has 3 N–H and O–H groups in total. The van der Waals surface area contributed by atoms with Gasteiger partial charge in [0.2, 0.25) is 5.91 Å². The number of benzene rings is 1. The predicted molar refractivity (Wildman–Crippen MR) is 136 cm³/mol. The largest absolute Gasteiger partial charge is 0.399 e. The van der Waals surface area contributed by atoms with Gasteiger partial charge in [0, 0.05) is 36.3 Å². The van der Waals surface area contributed by atoms with E-state index < -0.39 is 6.04 Å². The lowest BCUT2D eigenvalue weighted by atomic mass is 10.0. The molecule has 0 saturated carbocycles. The Morgan fingerprint density at radius 1 is 1.06 bits per heavy atom. The normalized spacial score (nSPS) is 21.9. The van der Waals surface area contributed by atoms with Gasteiger partial charge in [0.25, 0.3) is 5.91 Å². The summed E-state index contributed by atoms with van der Waals surface area (Å²) < 4.78 is 5.83. The van der Waals surface area contributed by atoms with Crippen LogP contribution < -0.4 is 16.0 Å². The Bertz CT molecular complexity index is 1220. The van der Waals surface area contributed by atoms with Crippen molar-refractivity contribution in [1.29, 1.82) is 0 Å². The van der Waals surface area contributed by atoms with Crippen LogP contribution in [0.25, 0.3) is 11.4 Å². The maximum Gasteiger partial charge on any atom is 0.254 e. The number of aromatic nitrogens is 2. The van der Waals surface area contributed by atoms with Crippen molar-refractivity contribution in [3.8, 4) is 11.4 Å². The first kappa shape index (κ1) is 23.3. The van der Waals surface area contributed by atoms with Crippen LogP contribution in [0.3, 0.4) is 0 Å². The molecule has 2 fully saturated rings. The van der Waals surface area contributed by atoms with E-state index in [1.807, 2.05) is 23.6 Å². The molecule has 3 aromatic rings. The maximum atomic E-state index is 12.9. The van der Waals surface area contributed by atoms with Crippen LogP contribution in [-0.4, -0.2) is 64.6 Å². The average Bonchev–Trinajstić information content (AvgIpc) is 3.26. The number of thiazole rings is 1. The van der Waals surface area contributed by atoms with Crippen LogP contribution in [0, 0.1) is 0 Å². The third-order valence-corrected chi connectivity index (χ3v) is 6.97. The van der Waals surface area contributed by atoms with Crippen LogP contribution >= 0.6 is 11.3 Å². The number of ether oxygens (including phenoxy) is 1. The molecule has 5 rings (SSSR count). The van der Waals surface area contributed by atoms with Crippen LogP contribution in [0.4, 0.5) is 16.6 Å². The van der Waals surface area contributed by atoms with Gasteiger partial charge in [-0.15, -0.1) is 11.3 Å². The minimum Gasteiger partial charge on any atom is -0.399 e. The summed E-state index contributed by atoms with van der Waals surface area (Å²) >= 11 is 1.34. The highest BCUT2D eigenvalue weighted by Gasteiger charge is 2.38. The van der Waals surface area contributed by atoms with E-state index in [1.165, 1.54) is 11.3 Å². The van der Waals surface area contributed by atoms with E-state index >= 15 is 0 Å². The second-order valence-electron chi connectivity index (χ2n) is 9.00. The van der Waals surface area contributed by atoms with Crippen LogP contribution in [0.2, 0.25) is 0 Å². The number of nitrogens with two attached hydrogens (primary N) is 1. The van der Waals surface area contributed by atoms with E-state index in [4.69, 9.17) is 15.5 Å². The highest BCUT2D eigenvalue weighted by atomic mass is 32.1. The van der Waals surface area contributed by atoms with Gasteiger partial charge in [0.05, 0.1) is 17.9 Å². The van der Waals surface area contributed by atoms with Gasteiger partial charge in [-0.2, -0.15) is 0 Å². The number of carbonyl (C=O) groups is 2. The standard InChI is InChI=1S/C25H28N6O3S/c1-15-12-30(13-16(2)34-15)22-5-3-4-19(27-22)20-14-35-25(28-20)29-23(32)21-10-11-31(21)24(33)17-6-8-18(26)9-7-17/h3-9,14-16,21H,10-13,26H2,1-2H3,(H,28,29,32)/t15-,16+,21?. The molecule has 10 heteroatoms. The molecule has 0 spiro atoms. The molecule has 4 heterocycles. The molecule has 1 aromatic carbocycles. The minimum absolute atomic E-state index is 0.142. The summed E-state index contributed by atoms with van der Waals surface area (Å²) in [4.78, 5) is 38.8. The molecule has 35 heavy (non-hydrogen) atoms. The van der Waals surface area contributed by atoms with Crippen LogP contribution in [0.5, 0.6) is 0 Å². The number of pyridine rings is 1. The predicted octanol–water partition coefficient (Wildman–Crippen LogP) is 3.25. The zero-order valence-electron chi connectivity index (χ0n) is 19.7. The summed E-state index contributed by atoms with van der Waals surface area (Å²) in [5.74, 6) is 0.470. The Kier molecular flexibility index (Phi) is 6.40. The van der Waals surface area contributed by atoms with Gasteiger partial charge in [-0.05, 0) is 56.7 Å². The van der Waals surface area contributed by atoms with Crippen molar-refractivity contribution >= 4 is 39.8 Å². The third kappa shape index (κ3) is 4.98. The van der Waals surface area contributed by atoms with E-state index in [9.17, 15) is 9.59 Å². The molecule has 2 aromatic heterocycles.